The molecule has 2 heterocycles. The number of thioether (sulfide) groups is 1. The Morgan fingerprint density at radius 3 is 1.82 bits per heavy atom. The Kier molecular flexibility index (Phi) is 2.60. The van der Waals surface area contributed by atoms with E-state index in [2.05, 4.69) is 0 Å². The van der Waals surface area contributed by atoms with Crippen molar-refractivity contribution in [2.45, 2.75) is 46.9 Å². The van der Waals surface area contributed by atoms with Crippen molar-refractivity contribution < 1.29 is 0 Å². The van der Waals surface area contributed by atoms with Gasteiger partial charge in [0, 0.05) is 10.5 Å². The number of alkyl halides is 2. The van der Waals surface area contributed by atoms with Gasteiger partial charge in [-0.25, -0.2) is 0 Å². The van der Waals surface area contributed by atoms with Gasteiger partial charge in [-0.15, -0.1) is 23.2 Å². The molecule has 0 unspecified atom stereocenters. The highest BCUT2D eigenvalue weighted by Gasteiger charge is 2.42. The molecule has 4 atom stereocenters. The highest BCUT2D eigenvalue weighted by atomic mass is 35.5. The molecule has 0 amide bonds. The van der Waals surface area contributed by atoms with E-state index in [0.29, 0.717) is 10.5 Å². The molecule has 2 aliphatic heterocycles. The normalized spacial score (nSPS) is 50.7. The van der Waals surface area contributed by atoms with Crippen LogP contribution in [0, 0.1) is 0 Å². The summed E-state index contributed by atoms with van der Waals surface area (Å²) in [5, 5.41) is 1.75. The lowest BCUT2D eigenvalue weighted by Crippen LogP contribution is -2.24. The summed E-state index contributed by atoms with van der Waals surface area (Å²) in [6.07, 6.45) is 5.25. The summed E-state index contributed by atoms with van der Waals surface area (Å²) in [7, 11) is 0. The Hall–Kier alpha value is 0.930. The molecule has 0 saturated carbocycles. The van der Waals surface area contributed by atoms with Crippen molar-refractivity contribution in [3.05, 3.63) is 0 Å². The van der Waals surface area contributed by atoms with E-state index in [1.165, 1.54) is 25.7 Å². The van der Waals surface area contributed by atoms with Crippen LogP contribution in [-0.4, -0.2) is 21.3 Å². The summed E-state index contributed by atoms with van der Waals surface area (Å²) < 4.78 is 0. The number of rotatable bonds is 0. The lowest BCUT2D eigenvalue weighted by atomic mass is 10.0. The van der Waals surface area contributed by atoms with Gasteiger partial charge in [-0.1, -0.05) is 12.8 Å². The molecule has 2 aliphatic rings. The van der Waals surface area contributed by atoms with E-state index < -0.39 is 0 Å². The molecule has 2 saturated heterocycles. The molecule has 2 bridgehead atoms. The van der Waals surface area contributed by atoms with Gasteiger partial charge in [-0.05, 0) is 12.8 Å². The Bertz CT molecular complexity index is 135. The van der Waals surface area contributed by atoms with Crippen molar-refractivity contribution in [2.24, 2.45) is 0 Å². The molecule has 0 aromatic rings. The summed E-state index contributed by atoms with van der Waals surface area (Å²) in [4.78, 5) is 0. The highest BCUT2D eigenvalue weighted by molar-refractivity contribution is 8.01. The SMILES string of the molecule is Cl[C@H]1[C@H](Cl)[C@H]2CCCC[C@@H]1S2. The minimum atomic E-state index is 0.229. The van der Waals surface area contributed by atoms with Crippen LogP contribution in [0.3, 0.4) is 0 Å². The van der Waals surface area contributed by atoms with Crippen molar-refractivity contribution in [3.8, 4) is 0 Å². The van der Waals surface area contributed by atoms with E-state index in [-0.39, 0.29) is 10.8 Å². The van der Waals surface area contributed by atoms with Crippen LogP contribution in [0.1, 0.15) is 25.7 Å². The molecule has 2 fully saturated rings. The predicted molar refractivity (Wildman–Crippen MR) is 52.9 cm³/mol. The number of fused-ring (bicyclic) bond motifs is 2. The van der Waals surface area contributed by atoms with Gasteiger partial charge < -0.3 is 0 Å². The van der Waals surface area contributed by atoms with Gasteiger partial charge in [0.25, 0.3) is 0 Å². The lowest BCUT2D eigenvalue weighted by molar-refractivity contribution is 0.565. The quantitative estimate of drug-likeness (QED) is 0.554. The zero-order chi connectivity index (χ0) is 7.84. The second-order valence-corrected chi connectivity index (χ2v) is 5.88. The van der Waals surface area contributed by atoms with Gasteiger partial charge in [-0.3, -0.25) is 0 Å². The highest BCUT2D eigenvalue weighted by Crippen LogP contribution is 2.46. The van der Waals surface area contributed by atoms with E-state index in [9.17, 15) is 0 Å². The van der Waals surface area contributed by atoms with Crippen LogP contribution in [0.5, 0.6) is 0 Å². The lowest BCUT2D eigenvalue weighted by Gasteiger charge is -2.16. The predicted octanol–water partition coefficient (Wildman–Crippen LogP) is 3.26. The van der Waals surface area contributed by atoms with Crippen molar-refractivity contribution in [1.82, 2.24) is 0 Å². The second kappa shape index (κ2) is 3.35. The molecule has 64 valence electrons. The third-order valence-electron chi connectivity index (χ3n) is 2.59. The molecular formula is C8H12Cl2S. The smallest absolute Gasteiger partial charge is 0.0629 e. The number of halogens is 2. The van der Waals surface area contributed by atoms with Gasteiger partial charge in [0.15, 0.2) is 0 Å². The van der Waals surface area contributed by atoms with Crippen LogP contribution in [0.15, 0.2) is 0 Å². The maximum Gasteiger partial charge on any atom is 0.0629 e. The molecular weight excluding hydrogens is 199 g/mol. The summed E-state index contributed by atoms with van der Waals surface area (Å²) in [6.45, 7) is 0. The number of hydrogen-bond donors (Lipinski definition) is 0. The minimum Gasteiger partial charge on any atom is -0.152 e. The van der Waals surface area contributed by atoms with E-state index in [1.54, 1.807) is 0 Å². The molecule has 0 radical (unpaired) electrons. The maximum absolute atomic E-state index is 6.18. The topological polar surface area (TPSA) is 0 Å². The van der Waals surface area contributed by atoms with Crippen molar-refractivity contribution >= 4 is 35.0 Å². The summed E-state index contributed by atoms with van der Waals surface area (Å²) in [5.41, 5.74) is 0. The molecule has 0 N–H and O–H groups in total. The molecule has 0 aromatic carbocycles. The first-order valence-electron chi connectivity index (χ1n) is 4.22. The van der Waals surface area contributed by atoms with E-state index >= 15 is 0 Å². The molecule has 2 rings (SSSR count). The third kappa shape index (κ3) is 1.52. The van der Waals surface area contributed by atoms with Gasteiger partial charge in [0.05, 0.1) is 10.8 Å². The summed E-state index contributed by atoms with van der Waals surface area (Å²) >= 11 is 14.4. The van der Waals surface area contributed by atoms with E-state index in [0.717, 1.165) is 0 Å². The van der Waals surface area contributed by atoms with Crippen molar-refractivity contribution in [3.63, 3.8) is 0 Å². The van der Waals surface area contributed by atoms with Gasteiger partial charge >= 0.3 is 0 Å². The van der Waals surface area contributed by atoms with Crippen LogP contribution < -0.4 is 0 Å². The average Bonchev–Trinajstić information content (AvgIpc) is 2.31. The molecule has 0 spiro atoms. The Labute approximate surface area is 82.0 Å². The second-order valence-electron chi connectivity index (χ2n) is 3.39. The first-order valence-corrected chi connectivity index (χ1v) is 6.04. The average molecular weight is 211 g/mol. The fourth-order valence-corrected chi connectivity index (χ4v) is 4.76. The zero-order valence-corrected chi connectivity index (χ0v) is 8.63. The third-order valence-corrected chi connectivity index (χ3v) is 5.93. The molecule has 0 aliphatic carbocycles. The van der Waals surface area contributed by atoms with E-state index in [4.69, 9.17) is 23.2 Å². The minimum absolute atomic E-state index is 0.229. The first-order chi connectivity index (χ1) is 5.29. The van der Waals surface area contributed by atoms with Crippen LogP contribution in [-0.2, 0) is 0 Å². The Morgan fingerprint density at radius 2 is 1.36 bits per heavy atom. The summed E-state index contributed by atoms with van der Waals surface area (Å²) in [5.74, 6) is 0. The van der Waals surface area contributed by atoms with Crippen LogP contribution in [0.2, 0.25) is 0 Å². The zero-order valence-electron chi connectivity index (χ0n) is 6.30. The standard InChI is InChI=1S/C8H12Cl2S/c9-7-5-3-1-2-4-6(11-5)8(7)10/h5-8H,1-4H2/t5-,6+,7-,8-/m1/s1. The van der Waals surface area contributed by atoms with Crippen LogP contribution in [0.25, 0.3) is 0 Å². The molecule has 3 heteroatoms. The molecule has 0 nitrogen and oxygen atoms in total. The monoisotopic (exact) mass is 210 g/mol. The fraction of sp³-hybridized carbons (Fsp3) is 1.00. The van der Waals surface area contributed by atoms with Gasteiger partial charge in [-0.2, -0.15) is 11.8 Å². The summed E-state index contributed by atoms with van der Waals surface area (Å²) in [6, 6.07) is 0. The van der Waals surface area contributed by atoms with Gasteiger partial charge in [0.1, 0.15) is 0 Å². The molecule has 11 heavy (non-hydrogen) atoms. The number of hydrogen-bond acceptors (Lipinski definition) is 1. The maximum atomic E-state index is 6.18. The Morgan fingerprint density at radius 1 is 0.909 bits per heavy atom. The molecule has 0 aromatic heterocycles. The Balaban J connectivity index is 2.10. The van der Waals surface area contributed by atoms with Crippen LogP contribution in [0.4, 0.5) is 0 Å². The fourth-order valence-electron chi connectivity index (χ4n) is 1.93. The van der Waals surface area contributed by atoms with Gasteiger partial charge in [0.2, 0.25) is 0 Å². The van der Waals surface area contributed by atoms with Crippen molar-refractivity contribution in [1.29, 1.82) is 0 Å². The van der Waals surface area contributed by atoms with E-state index in [1.807, 2.05) is 11.8 Å². The van der Waals surface area contributed by atoms with Crippen molar-refractivity contribution in [2.75, 3.05) is 0 Å². The van der Waals surface area contributed by atoms with Crippen LogP contribution >= 0.6 is 35.0 Å². The largest absolute Gasteiger partial charge is 0.152 e. The first kappa shape index (κ1) is 8.52.